The van der Waals surface area contributed by atoms with Gasteiger partial charge in [-0.15, -0.1) is 0 Å². The van der Waals surface area contributed by atoms with Gasteiger partial charge in [-0.3, -0.25) is 4.79 Å². The van der Waals surface area contributed by atoms with E-state index in [-0.39, 0.29) is 5.91 Å². The zero-order valence-electron chi connectivity index (χ0n) is 8.15. The molecule has 0 aliphatic heterocycles. The van der Waals surface area contributed by atoms with Gasteiger partial charge in [0.05, 0.1) is 0 Å². The molecule has 1 aromatic rings. The minimum absolute atomic E-state index is 0.371. The molecular formula is C12H15NO. The number of carbonyl (C=O) groups excluding carboxylic acids is 1. The van der Waals surface area contributed by atoms with Crippen LogP contribution >= 0.6 is 0 Å². The summed E-state index contributed by atoms with van der Waals surface area (Å²) in [7, 11) is 0. The van der Waals surface area contributed by atoms with Crippen LogP contribution in [0, 0.1) is 0 Å². The first-order valence-electron chi connectivity index (χ1n) is 4.79. The van der Waals surface area contributed by atoms with Gasteiger partial charge in [-0.1, -0.05) is 36.4 Å². The summed E-state index contributed by atoms with van der Waals surface area (Å²) in [6, 6.07) is 10.3. The van der Waals surface area contributed by atoms with E-state index in [1.54, 1.807) is 0 Å². The van der Waals surface area contributed by atoms with Crippen molar-refractivity contribution in [3.05, 3.63) is 48.0 Å². The minimum atomic E-state index is -0.371. The molecule has 0 atom stereocenters. The molecule has 1 aromatic carbocycles. The van der Waals surface area contributed by atoms with E-state index in [0.29, 0.717) is 0 Å². The van der Waals surface area contributed by atoms with Crippen LogP contribution in [0.15, 0.2) is 42.5 Å². The van der Waals surface area contributed by atoms with E-state index in [9.17, 15) is 4.79 Å². The molecule has 0 bridgehead atoms. The van der Waals surface area contributed by atoms with Crippen molar-refractivity contribution in [3.63, 3.8) is 0 Å². The highest BCUT2D eigenvalue weighted by molar-refractivity contribution is 5.85. The number of allylic oxidation sites excluding steroid dienone is 1. The highest BCUT2D eigenvalue weighted by Crippen LogP contribution is 2.04. The van der Waals surface area contributed by atoms with Crippen LogP contribution in [-0.4, -0.2) is 5.91 Å². The zero-order chi connectivity index (χ0) is 10.2. The maximum atomic E-state index is 10.4. The van der Waals surface area contributed by atoms with Gasteiger partial charge in [-0.25, -0.2) is 0 Å². The molecule has 0 aromatic heterocycles. The number of carbonyl (C=O) groups is 1. The number of amides is 1. The Balaban J connectivity index is 2.19. The first-order chi connectivity index (χ1) is 6.79. The lowest BCUT2D eigenvalue weighted by atomic mass is 10.1. The van der Waals surface area contributed by atoms with E-state index in [1.807, 2.05) is 24.3 Å². The molecule has 2 nitrogen and oxygen atoms in total. The monoisotopic (exact) mass is 189 g/mol. The fourth-order valence-corrected chi connectivity index (χ4v) is 1.27. The van der Waals surface area contributed by atoms with E-state index >= 15 is 0 Å². The molecule has 0 aliphatic rings. The number of rotatable bonds is 5. The molecule has 0 spiro atoms. The lowest BCUT2D eigenvalue weighted by molar-refractivity contribution is -0.113. The smallest absolute Gasteiger partial charge is 0.241 e. The van der Waals surface area contributed by atoms with Crippen molar-refractivity contribution < 1.29 is 4.79 Å². The molecule has 0 unspecified atom stereocenters. The maximum Gasteiger partial charge on any atom is 0.241 e. The minimum Gasteiger partial charge on any atom is -0.366 e. The molecule has 0 fully saturated rings. The van der Waals surface area contributed by atoms with Gasteiger partial charge in [0.15, 0.2) is 0 Å². The Bertz CT molecular complexity index is 303. The average Bonchev–Trinajstić information content (AvgIpc) is 2.18. The number of unbranched alkanes of at least 4 members (excludes halogenated alkanes) is 1. The molecule has 0 heterocycles. The fraction of sp³-hybridized carbons (Fsp3) is 0.250. The third-order valence-corrected chi connectivity index (χ3v) is 1.96. The third-order valence-electron chi connectivity index (χ3n) is 1.96. The van der Waals surface area contributed by atoms with Crippen LogP contribution in [0.1, 0.15) is 18.4 Å². The van der Waals surface area contributed by atoms with Gasteiger partial charge in [-0.2, -0.15) is 0 Å². The Morgan fingerprint density at radius 1 is 1.29 bits per heavy atom. The predicted molar refractivity (Wildman–Crippen MR) is 57.7 cm³/mol. The molecule has 0 aliphatic carbocycles. The Hall–Kier alpha value is -1.57. The first kappa shape index (κ1) is 10.5. The van der Waals surface area contributed by atoms with Crippen LogP contribution in [0.2, 0.25) is 0 Å². The molecular weight excluding hydrogens is 174 g/mol. The van der Waals surface area contributed by atoms with Crippen molar-refractivity contribution in [2.24, 2.45) is 5.73 Å². The van der Waals surface area contributed by atoms with E-state index in [0.717, 1.165) is 19.3 Å². The van der Waals surface area contributed by atoms with E-state index in [1.165, 1.54) is 11.6 Å². The lowest BCUT2D eigenvalue weighted by Gasteiger charge is -1.97. The van der Waals surface area contributed by atoms with Gasteiger partial charge >= 0.3 is 0 Å². The van der Waals surface area contributed by atoms with Crippen molar-refractivity contribution in [1.82, 2.24) is 0 Å². The summed E-state index contributed by atoms with van der Waals surface area (Å²) in [5, 5.41) is 0. The van der Waals surface area contributed by atoms with Crippen molar-refractivity contribution in [2.75, 3.05) is 0 Å². The zero-order valence-corrected chi connectivity index (χ0v) is 8.15. The maximum absolute atomic E-state index is 10.4. The van der Waals surface area contributed by atoms with Gasteiger partial charge in [0.2, 0.25) is 5.91 Å². The summed E-state index contributed by atoms with van der Waals surface area (Å²) in [5.41, 5.74) is 6.29. The Labute approximate surface area is 84.4 Å². The van der Waals surface area contributed by atoms with Gasteiger partial charge in [0.25, 0.3) is 0 Å². The second kappa shape index (κ2) is 5.97. The highest BCUT2D eigenvalue weighted by Gasteiger charge is 1.90. The third kappa shape index (κ3) is 4.45. The molecule has 14 heavy (non-hydrogen) atoms. The molecule has 2 N–H and O–H groups in total. The largest absolute Gasteiger partial charge is 0.366 e. The van der Waals surface area contributed by atoms with Gasteiger partial charge in [0, 0.05) is 0 Å². The second-order valence-electron chi connectivity index (χ2n) is 3.18. The number of primary amides is 1. The summed E-state index contributed by atoms with van der Waals surface area (Å²) in [6.45, 7) is 0. The fourth-order valence-electron chi connectivity index (χ4n) is 1.27. The topological polar surface area (TPSA) is 43.1 Å². The molecule has 0 radical (unpaired) electrons. The number of hydrogen-bond donors (Lipinski definition) is 1. The summed E-state index contributed by atoms with van der Waals surface area (Å²) in [4.78, 5) is 10.4. The summed E-state index contributed by atoms with van der Waals surface area (Å²) < 4.78 is 0. The molecule has 2 heteroatoms. The van der Waals surface area contributed by atoms with Crippen LogP contribution in [0.25, 0.3) is 0 Å². The van der Waals surface area contributed by atoms with Gasteiger partial charge in [0.1, 0.15) is 0 Å². The molecule has 0 saturated carbocycles. The normalized spacial score (nSPS) is 10.6. The van der Waals surface area contributed by atoms with Crippen molar-refractivity contribution in [1.29, 1.82) is 0 Å². The first-order valence-corrected chi connectivity index (χ1v) is 4.79. The Morgan fingerprint density at radius 2 is 2.00 bits per heavy atom. The van der Waals surface area contributed by atoms with Crippen molar-refractivity contribution in [3.8, 4) is 0 Å². The summed E-state index contributed by atoms with van der Waals surface area (Å²) in [5.74, 6) is -0.371. The number of hydrogen-bond acceptors (Lipinski definition) is 1. The molecule has 0 saturated heterocycles. The Morgan fingerprint density at radius 3 is 2.64 bits per heavy atom. The number of benzene rings is 1. The van der Waals surface area contributed by atoms with E-state index < -0.39 is 0 Å². The highest BCUT2D eigenvalue weighted by atomic mass is 16.1. The van der Waals surface area contributed by atoms with Crippen molar-refractivity contribution >= 4 is 5.91 Å². The van der Waals surface area contributed by atoms with Crippen molar-refractivity contribution in [2.45, 2.75) is 19.3 Å². The molecule has 1 amide bonds. The van der Waals surface area contributed by atoms with Crippen LogP contribution in [0.4, 0.5) is 0 Å². The summed E-state index contributed by atoms with van der Waals surface area (Å²) >= 11 is 0. The average molecular weight is 189 g/mol. The van der Waals surface area contributed by atoms with Gasteiger partial charge in [-0.05, 0) is 30.9 Å². The molecule has 1 rings (SSSR count). The van der Waals surface area contributed by atoms with E-state index in [4.69, 9.17) is 5.73 Å². The second-order valence-corrected chi connectivity index (χ2v) is 3.18. The van der Waals surface area contributed by atoms with Crippen LogP contribution in [0.3, 0.4) is 0 Å². The lowest BCUT2D eigenvalue weighted by Crippen LogP contribution is -2.05. The number of nitrogens with two attached hydrogens (primary N) is 1. The van der Waals surface area contributed by atoms with Gasteiger partial charge < -0.3 is 5.73 Å². The Kier molecular flexibility index (Phi) is 4.48. The predicted octanol–water partition coefficient (Wildman–Crippen LogP) is 2.05. The number of aryl methyl sites for hydroxylation is 1. The molecule has 74 valence electrons. The van der Waals surface area contributed by atoms with Crippen LogP contribution < -0.4 is 5.73 Å². The SMILES string of the molecule is NC(=O)C=CCCCc1ccccc1. The van der Waals surface area contributed by atoms with E-state index in [2.05, 4.69) is 12.1 Å². The summed E-state index contributed by atoms with van der Waals surface area (Å²) in [6.07, 6.45) is 6.24. The standard InChI is InChI=1S/C12H15NO/c13-12(14)10-6-2-5-9-11-7-3-1-4-8-11/h1,3-4,6-8,10H,2,5,9H2,(H2,13,14). The quantitative estimate of drug-likeness (QED) is 0.559. The van der Waals surface area contributed by atoms with Crippen LogP contribution in [-0.2, 0) is 11.2 Å². The van der Waals surface area contributed by atoms with Crippen LogP contribution in [0.5, 0.6) is 0 Å².